The van der Waals surface area contributed by atoms with Gasteiger partial charge in [0.15, 0.2) is 5.78 Å². The number of Topliss-reactive ketones (excluding diaryl/α,β-unsaturated/α-hetero) is 1. The van der Waals surface area contributed by atoms with Crippen molar-refractivity contribution in [1.82, 2.24) is 0 Å². The molecule has 0 aromatic heterocycles. The van der Waals surface area contributed by atoms with Gasteiger partial charge in [-0.25, -0.2) is 0 Å². The molecule has 1 atom stereocenters. The summed E-state index contributed by atoms with van der Waals surface area (Å²) in [6.07, 6.45) is 3.23. The fraction of sp³-hybridized carbons (Fsp3) is 0.350. The first-order valence-corrected chi connectivity index (χ1v) is 8.08. The fourth-order valence-electron chi connectivity index (χ4n) is 2.58. The molecule has 2 heteroatoms. The van der Waals surface area contributed by atoms with Crippen molar-refractivity contribution in [2.75, 3.05) is 12.4 Å². The maximum absolute atomic E-state index is 12.4. The van der Waals surface area contributed by atoms with Gasteiger partial charge in [0.1, 0.15) is 0 Å². The van der Waals surface area contributed by atoms with Gasteiger partial charge in [-0.3, -0.25) is 4.79 Å². The van der Waals surface area contributed by atoms with Gasteiger partial charge in [0.25, 0.3) is 0 Å². The Labute approximate surface area is 133 Å². The summed E-state index contributed by atoms with van der Waals surface area (Å²) in [6, 6.07) is 16.3. The van der Waals surface area contributed by atoms with Crippen molar-refractivity contribution < 1.29 is 4.79 Å². The molecule has 22 heavy (non-hydrogen) atoms. The van der Waals surface area contributed by atoms with Crippen LogP contribution in [-0.2, 0) is 0 Å². The average Bonchev–Trinajstić information content (AvgIpc) is 2.59. The van der Waals surface area contributed by atoms with Crippen molar-refractivity contribution in [2.45, 2.75) is 33.1 Å². The molecule has 0 saturated heterocycles. The zero-order chi connectivity index (χ0) is 15.9. The molecule has 0 spiro atoms. The van der Waals surface area contributed by atoms with Gasteiger partial charge in [0.2, 0.25) is 0 Å². The summed E-state index contributed by atoms with van der Waals surface area (Å²) in [5, 5.41) is 3.11. The Morgan fingerprint density at radius 3 is 2.05 bits per heavy atom. The molecule has 0 heterocycles. The molecular formula is C20H25NO. The Kier molecular flexibility index (Phi) is 5.76. The Bertz CT molecular complexity index is 599. The molecule has 0 saturated carbocycles. The maximum Gasteiger partial charge on any atom is 0.165 e. The number of unbranched alkanes of at least 4 members (excludes halogenated alkanes) is 1. The van der Waals surface area contributed by atoms with Gasteiger partial charge >= 0.3 is 0 Å². The summed E-state index contributed by atoms with van der Waals surface area (Å²) in [5.74, 6) is 0.367. The van der Waals surface area contributed by atoms with Crippen molar-refractivity contribution in [1.29, 1.82) is 0 Å². The molecular weight excluding hydrogens is 270 g/mol. The summed E-state index contributed by atoms with van der Waals surface area (Å²) in [4.78, 5) is 12.4. The first-order chi connectivity index (χ1) is 10.7. The van der Waals surface area contributed by atoms with Crippen LogP contribution in [0.5, 0.6) is 0 Å². The monoisotopic (exact) mass is 295 g/mol. The van der Waals surface area contributed by atoms with Gasteiger partial charge < -0.3 is 5.32 Å². The molecule has 2 rings (SSSR count). The van der Waals surface area contributed by atoms with Crippen LogP contribution in [0.1, 0.15) is 43.5 Å². The van der Waals surface area contributed by atoms with E-state index in [0.717, 1.165) is 41.6 Å². The Hall–Kier alpha value is -2.09. The van der Waals surface area contributed by atoms with Gasteiger partial charge in [-0.05, 0) is 29.7 Å². The Balaban J connectivity index is 2.10. The largest absolute Gasteiger partial charge is 0.388 e. The van der Waals surface area contributed by atoms with Crippen molar-refractivity contribution in [2.24, 2.45) is 5.92 Å². The van der Waals surface area contributed by atoms with Gasteiger partial charge in [0.05, 0.1) is 0 Å². The van der Waals surface area contributed by atoms with Gasteiger partial charge in [-0.2, -0.15) is 0 Å². The number of carbonyl (C=O) groups excluding carboxylic acids is 1. The second-order valence-electron chi connectivity index (χ2n) is 5.81. The van der Waals surface area contributed by atoms with Gasteiger partial charge in [0, 0.05) is 24.2 Å². The fourth-order valence-corrected chi connectivity index (χ4v) is 2.58. The molecule has 0 radical (unpaired) electrons. The molecule has 0 aliphatic carbocycles. The highest BCUT2D eigenvalue weighted by atomic mass is 16.1. The molecule has 2 nitrogen and oxygen atoms in total. The average molecular weight is 295 g/mol. The lowest BCUT2D eigenvalue weighted by Gasteiger charge is -2.10. The van der Waals surface area contributed by atoms with Crippen LogP contribution >= 0.6 is 0 Å². The van der Waals surface area contributed by atoms with Crippen LogP contribution in [-0.4, -0.2) is 12.8 Å². The van der Waals surface area contributed by atoms with Gasteiger partial charge in [-0.1, -0.05) is 63.1 Å². The van der Waals surface area contributed by atoms with E-state index in [9.17, 15) is 4.79 Å². The summed E-state index contributed by atoms with van der Waals surface area (Å²) in [5.41, 5.74) is 4.22. The zero-order valence-electron chi connectivity index (χ0n) is 13.7. The quantitative estimate of drug-likeness (QED) is 0.692. The molecule has 0 bridgehead atoms. The van der Waals surface area contributed by atoms with Gasteiger partial charge in [-0.15, -0.1) is 0 Å². The minimum Gasteiger partial charge on any atom is -0.388 e. The summed E-state index contributed by atoms with van der Waals surface area (Å²) in [7, 11) is 1.91. The second-order valence-corrected chi connectivity index (χ2v) is 5.81. The topological polar surface area (TPSA) is 29.1 Å². The highest BCUT2D eigenvalue weighted by Gasteiger charge is 2.14. The Morgan fingerprint density at radius 1 is 1.00 bits per heavy atom. The van der Waals surface area contributed by atoms with E-state index >= 15 is 0 Å². The molecule has 1 unspecified atom stereocenters. The molecule has 1 N–H and O–H groups in total. The number of carbonyl (C=O) groups is 1. The van der Waals surface area contributed by atoms with E-state index in [4.69, 9.17) is 0 Å². The van der Waals surface area contributed by atoms with E-state index in [0.29, 0.717) is 0 Å². The lowest BCUT2D eigenvalue weighted by atomic mass is 9.93. The van der Waals surface area contributed by atoms with Crippen LogP contribution < -0.4 is 5.32 Å². The number of ketones is 1. The summed E-state index contributed by atoms with van der Waals surface area (Å²) < 4.78 is 0. The highest BCUT2D eigenvalue weighted by molar-refractivity contribution is 5.98. The summed E-state index contributed by atoms with van der Waals surface area (Å²) >= 11 is 0. The third-order valence-electron chi connectivity index (χ3n) is 4.11. The third-order valence-corrected chi connectivity index (χ3v) is 4.11. The minimum absolute atomic E-state index is 0.112. The van der Waals surface area contributed by atoms with Crippen LogP contribution in [0.15, 0.2) is 48.5 Å². The molecule has 2 aromatic rings. The van der Waals surface area contributed by atoms with Crippen molar-refractivity contribution >= 4 is 11.5 Å². The molecule has 0 fully saturated rings. The number of hydrogen-bond acceptors (Lipinski definition) is 2. The number of benzene rings is 2. The van der Waals surface area contributed by atoms with E-state index in [-0.39, 0.29) is 11.7 Å². The standard InChI is InChI=1S/C20H25NO/c1-4-5-6-15(2)20(22)18-9-7-16(8-10-18)17-11-13-19(21-3)14-12-17/h7-15,21H,4-6H2,1-3H3. The molecule has 2 aromatic carbocycles. The predicted molar refractivity (Wildman–Crippen MR) is 94.4 cm³/mol. The minimum atomic E-state index is 0.112. The summed E-state index contributed by atoms with van der Waals surface area (Å²) in [6.45, 7) is 4.19. The molecule has 0 aliphatic rings. The number of rotatable bonds is 7. The Morgan fingerprint density at radius 2 is 1.55 bits per heavy atom. The van der Waals surface area contributed by atoms with E-state index in [1.807, 2.05) is 38.2 Å². The molecule has 0 amide bonds. The first-order valence-electron chi connectivity index (χ1n) is 8.08. The number of hydrogen-bond donors (Lipinski definition) is 1. The van der Waals surface area contributed by atoms with Crippen LogP contribution in [0, 0.1) is 5.92 Å². The van der Waals surface area contributed by atoms with Crippen molar-refractivity contribution in [3.05, 3.63) is 54.1 Å². The first kappa shape index (κ1) is 16.3. The van der Waals surface area contributed by atoms with Crippen LogP contribution in [0.2, 0.25) is 0 Å². The number of nitrogens with one attached hydrogen (secondary N) is 1. The zero-order valence-corrected chi connectivity index (χ0v) is 13.7. The highest BCUT2D eigenvalue weighted by Crippen LogP contribution is 2.23. The lowest BCUT2D eigenvalue weighted by Crippen LogP contribution is -2.11. The normalized spacial score (nSPS) is 12.0. The van der Waals surface area contributed by atoms with Crippen LogP contribution in [0.25, 0.3) is 11.1 Å². The van der Waals surface area contributed by atoms with E-state index in [2.05, 4.69) is 36.5 Å². The lowest BCUT2D eigenvalue weighted by molar-refractivity contribution is 0.0922. The predicted octanol–water partition coefficient (Wildman–Crippen LogP) is 5.40. The smallest absolute Gasteiger partial charge is 0.165 e. The third kappa shape index (κ3) is 3.97. The van der Waals surface area contributed by atoms with Crippen LogP contribution in [0.4, 0.5) is 5.69 Å². The van der Waals surface area contributed by atoms with E-state index in [1.54, 1.807) is 0 Å². The van der Waals surface area contributed by atoms with Crippen molar-refractivity contribution in [3.63, 3.8) is 0 Å². The maximum atomic E-state index is 12.4. The molecule has 116 valence electrons. The van der Waals surface area contributed by atoms with E-state index in [1.165, 1.54) is 0 Å². The SMILES string of the molecule is CCCCC(C)C(=O)c1ccc(-c2ccc(NC)cc2)cc1. The number of anilines is 1. The van der Waals surface area contributed by atoms with E-state index < -0.39 is 0 Å². The molecule has 0 aliphatic heterocycles. The second kappa shape index (κ2) is 7.79. The van der Waals surface area contributed by atoms with Crippen molar-refractivity contribution in [3.8, 4) is 11.1 Å². The van der Waals surface area contributed by atoms with Crippen LogP contribution in [0.3, 0.4) is 0 Å².